The molecule has 0 spiro atoms. The Hall–Kier alpha value is -3.24. The second kappa shape index (κ2) is 12.9. The fourth-order valence-electron chi connectivity index (χ4n) is 3.37. The Balaban J connectivity index is 2.15. The van der Waals surface area contributed by atoms with Crippen molar-refractivity contribution in [1.82, 2.24) is 25.2 Å². The molecule has 2 N–H and O–H groups in total. The fraction of sp³-hybridized carbons (Fsp3) is 0.478. The van der Waals surface area contributed by atoms with Gasteiger partial charge in [0.05, 0.1) is 11.2 Å². The molecular weight excluding hydrogens is 452 g/mol. The molecular formula is C23H30F4N6O. The molecule has 2 aromatic heterocycles. The van der Waals surface area contributed by atoms with Gasteiger partial charge in [-0.2, -0.15) is 13.2 Å². The van der Waals surface area contributed by atoms with Gasteiger partial charge in [0.15, 0.2) is 5.82 Å². The van der Waals surface area contributed by atoms with E-state index in [1.165, 1.54) is 6.08 Å². The minimum atomic E-state index is -4.56. The van der Waals surface area contributed by atoms with Gasteiger partial charge in [-0.3, -0.25) is 9.78 Å². The number of amides is 1. The Kier molecular flexibility index (Phi) is 10.2. The van der Waals surface area contributed by atoms with E-state index in [0.717, 1.165) is 0 Å². The molecule has 7 nitrogen and oxygen atoms in total. The summed E-state index contributed by atoms with van der Waals surface area (Å²) >= 11 is 0. The van der Waals surface area contributed by atoms with Crippen LogP contribution in [-0.4, -0.2) is 58.6 Å². The number of pyridine rings is 1. The Morgan fingerprint density at radius 1 is 1.15 bits per heavy atom. The van der Waals surface area contributed by atoms with Gasteiger partial charge >= 0.3 is 6.18 Å². The summed E-state index contributed by atoms with van der Waals surface area (Å²) in [5.41, 5.74) is 2.19. The Morgan fingerprint density at radius 2 is 1.88 bits per heavy atom. The zero-order chi connectivity index (χ0) is 25.1. The second-order valence-electron chi connectivity index (χ2n) is 7.52. The third-order valence-electron chi connectivity index (χ3n) is 4.78. The smallest absolute Gasteiger partial charge is 0.371 e. The summed E-state index contributed by atoms with van der Waals surface area (Å²) in [6.45, 7) is 4.42. The van der Waals surface area contributed by atoms with Crippen LogP contribution in [0.2, 0.25) is 0 Å². The Labute approximate surface area is 196 Å². The lowest BCUT2D eigenvalue weighted by atomic mass is 10.2. The molecule has 0 aromatic carbocycles. The Bertz CT molecular complexity index is 1020. The molecule has 0 unspecified atom stereocenters. The minimum Gasteiger partial charge on any atom is -0.371 e. The van der Waals surface area contributed by atoms with E-state index in [-0.39, 0.29) is 19.5 Å². The lowest BCUT2D eigenvalue weighted by Crippen LogP contribution is -2.36. The quantitative estimate of drug-likeness (QED) is 0.342. The number of halogens is 4. The van der Waals surface area contributed by atoms with Crippen molar-refractivity contribution in [3.63, 3.8) is 0 Å². The molecule has 1 amide bonds. The number of hydrogen-bond acceptors (Lipinski definition) is 6. The molecule has 0 saturated carbocycles. The van der Waals surface area contributed by atoms with E-state index in [2.05, 4.69) is 25.6 Å². The number of allylic oxidation sites excluding steroid dienone is 3. The number of hydrogen-bond donors (Lipinski definition) is 2. The van der Waals surface area contributed by atoms with Crippen LogP contribution in [0.3, 0.4) is 0 Å². The van der Waals surface area contributed by atoms with Gasteiger partial charge in [-0.25, -0.2) is 14.4 Å². The van der Waals surface area contributed by atoms with Gasteiger partial charge in [-0.15, -0.1) is 0 Å². The molecule has 186 valence electrons. The van der Waals surface area contributed by atoms with Crippen molar-refractivity contribution < 1.29 is 22.4 Å². The Morgan fingerprint density at radius 3 is 2.53 bits per heavy atom. The molecule has 0 aliphatic rings. The lowest BCUT2D eigenvalue weighted by molar-refractivity contribution is -0.153. The third kappa shape index (κ3) is 8.27. The van der Waals surface area contributed by atoms with Gasteiger partial charge in [-0.1, -0.05) is 19.9 Å². The first-order valence-corrected chi connectivity index (χ1v) is 11.1. The molecule has 2 aromatic rings. The number of alkyl halides is 3. The molecule has 2 heterocycles. The van der Waals surface area contributed by atoms with Crippen molar-refractivity contribution in [2.45, 2.75) is 45.7 Å². The number of rotatable bonds is 12. The maximum Gasteiger partial charge on any atom is 0.397 e. The van der Waals surface area contributed by atoms with Crippen LogP contribution in [0.5, 0.6) is 0 Å². The second-order valence-corrected chi connectivity index (χ2v) is 7.52. The predicted molar refractivity (Wildman–Crippen MR) is 124 cm³/mol. The van der Waals surface area contributed by atoms with Gasteiger partial charge in [-0.05, 0) is 25.0 Å². The van der Waals surface area contributed by atoms with Crippen molar-refractivity contribution in [3.05, 3.63) is 47.8 Å². The van der Waals surface area contributed by atoms with Crippen LogP contribution in [0.25, 0.3) is 11.0 Å². The van der Waals surface area contributed by atoms with Gasteiger partial charge in [0.25, 0.3) is 0 Å². The van der Waals surface area contributed by atoms with E-state index in [9.17, 15) is 18.0 Å². The first-order valence-electron chi connectivity index (χ1n) is 11.1. The lowest BCUT2D eigenvalue weighted by Gasteiger charge is -2.26. The van der Waals surface area contributed by atoms with Crippen molar-refractivity contribution in [2.24, 2.45) is 0 Å². The first-order chi connectivity index (χ1) is 16.2. The van der Waals surface area contributed by atoms with E-state index in [1.54, 1.807) is 36.5 Å². The fourth-order valence-corrected chi connectivity index (χ4v) is 3.37. The number of anilines is 1. The highest BCUT2D eigenvalue weighted by Crippen LogP contribution is 2.22. The standard InChI is InChI=1S/C23H30F4N6O/c1-4-6-19(33(12-5-2)13-11-30-20(34)15-23(25,26)27)17(24)8-7-16-14-18-21(22(28-3)32-16)31-10-9-29-18/h6,8-10,14H,4-5,7,11-13,15H2,1-3H3,(H,28,32)(H,30,34)/b17-8+,19-6+. The topological polar surface area (TPSA) is 83.0 Å². The monoisotopic (exact) mass is 482 g/mol. The normalized spacial score (nSPS) is 12.7. The van der Waals surface area contributed by atoms with Crippen LogP contribution >= 0.6 is 0 Å². The number of nitrogens with one attached hydrogen (secondary N) is 2. The molecule has 11 heteroatoms. The van der Waals surface area contributed by atoms with Gasteiger partial charge < -0.3 is 15.5 Å². The van der Waals surface area contributed by atoms with Crippen molar-refractivity contribution in [2.75, 3.05) is 32.0 Å². The molecule has 0 radical (unpaired) electrons. The van der Waals surface area contributed by atoms with E-state index < -0.39 is 24.3 Å². The van der Waals surface area contributed by atoms with E-state index in [1.807, 2.05) is 13.8 Å². The van der Waals surface area contributed by atoms with Crippen LogP contribution < -0.4 is 10.6 Å². The summed E-state index contributed by atoms with van der Waals surface area (Å²) in [4.78, 5) is 26.2. The summed E-state index contributed by atoms with van der Waals surface area (Å²) in [5.74, 6) is -1.03. The third-order valence-corrected chi connectivity index (χ3v) is 4.78. The predicted octanol–water partition coefficient (Wildman–Crippen LogP) is 4.54. The highest BCUT2D eigenvalue weighted by Gasteiger charge is 2.31. The number of carbonyl (C=O) groups is 1. The largest absolute Gasteiger partial charge is 0.397 e. The molecule has 0 bridgehead atoms. The van der Waals surface area contributed by atoms with E-state index >= 15 is 4.39 Å². The van der Waals surface area contributed by atoms with Crippen LogP contribution in [0, 0.1) is 0 Å². The average Bonchev–Trinajstić information content (AvgIpc) is 2.78. The highest BCUT2D eigenvalue weighted by atomic mass is 19.4. The molecule has 0 aliphatic heterocycles. The molecule has 0 saturated heterocycles. The summed E-state index contributed by atoms with van der Waals surface area (Å²) in [6, 6.07) is 1.75. The summed E-state index contributed by atoms with van der Waals surface area (Å²) in [6.07, 6.45) is 1.63. The number of nitrogens with zero attached hydrogens (tertiary/aromatic N) is 4. The van der Waals surface area contributed by atoms with Crippen molar-refractivity contribution in [3.8, 4) is 0 Å². The van der Waals surface area contributed by atoms with Gasteiger partial charge in [0.2, 0.25) is 5.91 Å². The maximum atomic E-state index is 15.3. The molecule has 0 atom stereocenters. The van der Waals surface area contributed by atoms with Crippen LogP contribution in [0.15, 0.2) is 42.1 Å². The van der Waals surface area contributed by atoms with E-state index in [0.29, 0.717) is 47.6 Å². The molecule has 0 fully saturated rings. The van der Waals surface area contributed by atoms with Gasteiger partial charge in [0.1, 0.15) is 17.8 Å². The summed E-state index contributed by atoms with van der Waals surface area (Å²) < 4.78 is 52.3. The SMILES string of the molecule is CC/C=C(\C(F)=C/Cc1cc2nccnc2c(NC)n1)N(CCC)CCNC(=O)CC(F)(F)F. The molecule has 2 rings (SSSR count). The zero-order valence-corrected chi connectivity index (χ0v) is 19.5. The van der Waals surface area contributed by atoms with Crippen LogP contribution in [-0.2, 0) is 11.2 Å². The van der Waals surface area contributed by atoms with Crippen LogP contribution in [0.1, 0.15) is 38.8 Å². The number of carbonyl (C=O) groups excluding carboxylic acids is 1. The zero-order valence-electron chi connectivity index (χ0n) is 19.5. The number of fused-ring (bicyclic) bond motifs is 1. The minimum absolute atomic E-state index is 0.0281. The number of aromatic nitrogens is 3. The van der Waals surface area contributed by atoms with Gasteiger partial charge in [0, 0.05) is 51.2 Å². The van der Waals surface area contributed by atoms with Crippen LogP contribution in [0.4, 0.5) is 23.4 Å². The summed E-state index contributed by atoms with van der Waals surface area (Å²) in [5, 5.41) is 5.22. The van der Waals surface area contributed by atoms with E-state index in [4.69, 9.17) is 0 Å². The maximum absolute atomic E-state index is 15.3. The molecule has 34 heavy (non-hydrogen) atoms. The summed E-state index contributed by atoms with van der Waals surface area (Å²) in [7, 11) is 1.72. The molecule has 0 aliphatic carbocycles. The van der Waals surface area contributed by atoms with Crippen molar-refractivity contribution in [1.29, 1.82) is 0 Å². The van der Waals surface area contributed by atoms with Crippen molar-refractivity contribution >= 4 is 22.8 Å². The first kappa shape index (κ1) is 27.0. The average molecular weight is 483 g/mol. The highest BCUT2D eigenvalue weighted by molar-refractivity contribution is 5.85.